The Morgan fingerprint density at radius 3 is 2.46 bits per heavy atom. The molecular weight excluding hydrogens is 326 g/mol. The van der Waals surface area contributed by atoms with Crippen LogP contribution in [0, 0.1) is 6.92 Å². The Balaban J connectivity index is 1.72. The van der Waals surface area contributed by atoms with Crippen LogP contribution in [0.3, 0.4) is 0 Å². The molecule has 0 atom stereocenters. The Hall–Kier alpha value is -3.47. The third-order valence-corrected chi connectivity index (χ3v) is 4.23. The van der Waals surface area contributed by atoms with Crippen molar-refractivity contribution in [3.05, 3.63) is 83.6 Å². The van der Waals surface area contributed by atoms with Crippen molar-refractivity contribution in [3.8, 4) is 11.3 Å². The molecule has 1 N–H and O–H groups in total. The van der Waals surface area contributed by atoms with E-state index in [4.69, 9.17) is 4.52 Å². The minimum Gasteiger partial charge on any atom is -0.348 e. The molecule has 0 spiro atoms. The van der Waals surface area contributed by atoms with Gasteiger partial charge in [0.15, 0.2) is 0 Å². The van der Waals surface area contributed by atoms with Gasteiger partial charge in [-0.05, 0) is 18.6 Å². The van der Waals surface area contributed by atoms with E-state index >= 15 is 0 Å². The fourth-order valence-electron chi connectivity index (χ4n) is 2.90. The van der Waals surface area contributed by atoms with Crippen LogP contribution in [0.1, 0.15) is 21.6 Å². The van der Waals surface area contributed by atoms with E-state index in [0.717, 1.165) is 11.1 Å². The van der Waals surface area contributed by atoms with Crippen LogP contribution < -0.4 is 5.32 Å². The van der Waals surface area contributed by atoms with Crippen molar-refractivity contribution in [2.24, 2.45) is 0 Å². The summed E-state index contributed by atoms with van der Waals surface area (Å²) in [4.78, 5) is 17.4. The van der Waals surface area contributed by atoms with Crippen LogP contribution in [0.2, 0.25) is 0 Å². The molecule has 4 rings (SSSR count). The molecule has 0 saturated carbocycles. The Bertz CT molecular complexity index is 1060. The summed E-state index contributed by atoms with van der Waals surface area (Å²) in [5.41, 5.74) is 4.17. The number of nitrogens with one attached hydrogen (secondary N) is 1. The second kappa shape index (κ2) is 6.80. The molecule has 1 amide bonds. The van der Waals surface area contributed by atoms with Crippen LogP contribution in [0.5, 0.6) is 0 Å². The molecule has 0 saturated heterocycles. The molecule has 26 heavy (non-hydrogen) atoms. The van der Waals surface area contributed by atoms with Crippen LogP contribution in [0.25, 0.3) is 22.4 Å². The molecule has 0 aliphatic heterocycles. The summed E-state index contributed by atoms with van der Waals surface area (Å²) < 4.78 is 5.32. The van der Waals surface area contributed by atoms with Gasteiger partial charge in [-0.25, -0.2) is 4.98 Å². The Morgan fingerprint density at radius 1 is 1.04 bits per heavy atom. The van der Waals surface area contributed by atoms with Gasteiger partial charge in [0.25, 0.3) is 11.6 Å². The van der Waals surface area contributed by atoms with E-state index in [-0.39, 0.29) is 5.91 Å². The molecule has 5 nitrogen and oxygen atoms in total. The molecule has 0 radical (unpaired) electrons. The second-order valence-electron chi connectivity index (χ2n) is 6.04. The summed E-state index contributed by atoms with van der Waals surface area (Å²) in [5, 5.41) is 7.59. The summed E-state index contributed by atoms with van der Waals surface area (Å²) in [7, 11) is 0. The van der Waals surface area contributed by atoms with Gasteiger partial charge in [-0.2, -0.15) is 0 Å². The molecule has 0 fully saturated rings. The minimum absolute atomic E-state index is 0.176. The maximum atomic E-state index is 12.9. The lowest BCUT2D eigenvalue weighted by atomic mass is 10.0. The number of aromatic nitrogens is 2. The summed E-state index contributed by atoms with van der Waals surface area (Å²) in [5.74, 6) is -0.176. The monoisotopic (exact) mass is 343 g/mol. The van der Waals surface area contributed by atoms with E-state index in [0.29, 0.717) is 34.6 Å². The van der Waals surface area contributed by atoms with Gasteiger partial charge in [0.05, 0.1) is 22.3 Å². The number of nitrogens with zero attached hydrogens (tertiary/aromatic N) is 2. The molecule has 2 aromatic heterocycles. The lowest BCUT2D eigenvalue weighted by Crippen LogP contribution is -2.23. The van der Waals surface area contributed by atoms with Crippen LogP contribution in [0.4, 0.5) is 0 Å². The molecule has 0 aliphatic carbocycles. The van der Waals surface area contributed by atoms with Gasteiger partial charge in [-0.3, -0.25) is 4.79 Å². The normalized spacial score (nSPS) is 10.8. The highest BCUT2D eigenvalue weighted by Crippen LogP contribution is 2.27. The van der Waals surface area contributed by atoms with Gasteiger partial charge < -0.3 is 9.84 Å². The van der Waals surface area contributed by atoms with E-state index < -0.39 is 0 Å². The first-order valence-electron chi connectivity index (χ1n) is 8.37. The van der Waals surface area contributed by atoms with E-state index in [1.165, 1.54) is 0 Å². The smallest absolute Gasteiger partial charge is 0.259 e. The molecule has 128 valence electrons. The number of hydrogen-bond acceptors (Lipinski definition) is 4. The summed E-state index contributed by atoms with van der Waals surface area (Å²) in [6, 6.07) is 21.3. The first-order valence-corrected chi connectivity index (χ1v) is 8.37. The number of hydrogen-bond donors (Lipinski definition) is 1. The Kier molecular flexibility index (Phi) is 4.19. The highest BCUT2D eigenvalue weighted by atomic mass is 16.5. The topological polar surface area (TPSA) is 68.0 Å². The van der Waals surface area contributed by atoms with Gasteiger partial charge >= 0.3 is 0 Å². The van der Waals surface area contributed by atoms with E-state index in [1.54, 1.807) is 6.07 Å². The zero-order valence-corrected chi connectivity index (χ0v) is 14.3. The van der Waals surface area contributed by atoms with Crippen molar-refractivity contribution >= 4 is 17.0 Å². The summed E-state index contributed by atoms with van der Waals surface area (Å²) >= 11 is 0. The van der Waals surface area contributed by atoms with Crippen molar-refractivity contribution in [1.29, 1.82) is 0 Å². The summed E-state index contributed by atoms with van der Waals surface area (Å²) in [6.45, 7) is 2.26. The summed E-state index contributed by atoms with van der Waals surface area (Å²) in [6.07, 6.45) is 0. The maximum Gasteiger partial charge on any atom is 0.259 e. The third kappa shape index (κ3) is 3.07. The van der Waals surface area contributed by atoms with Crippen molar-refractivity contribution < 1.29 is 9.32 Å². The number of aryl methyl sites for hydroxylation is 1. The van der Waals surface area contributed by atoms with E-state index in [2.05, 4.69) is 15.5 Å². The van der Waals surface area contributed by atoms with Crippen LogP contribution in [-0.4, -0.2) is 16.0 Å². The SMILES string of the molecule is Cc1noc2nc(-c3ccccc3)cc(C(=O)NCc3ccccc3)c12. The van der Waals surface area contributed by atoms with Crippen LogP contribution in [-0.2, 0) is 6.54 Å². The lowest BCUT2D eigenvalue weighted by molar-refractivity contribution is 0.0952. The van der Waals surface area contributed by atoms with Crippen LogP contribution >= 0.6 is 0 Å². The Labute approximate surface area is 150 Å². The quantitative estimate of drug-likeness (QED) is 0.605. The zero-order valence-electron chi connectivity index (χ0n) is 14.3. The number of fused-ring (bicyclic) bond motifs is 1. The van der Waals surface area contributed by atoms with Crippen molar-refractivity contribution in [1.82, 2.24) is 15.5 Å². The number of rotatable bonds is 4. The lowest BCUT2D eigenvalue weighted by Gasteiger charge is -2.08. The van der Waals surface area contributed by atoms with E-state index in [1.807, 2.05) is 67.6 Å². The van der Waals surface area contributed by atoms with E-state index in [9.17, 15) is 4.79 Å². The van der Waals surface area contributed by atoms with Crippen molar-refractivity contribution in [2.45, 2.75) is 13.5 Å². The number of benzene rings is 2. The molecule has 2 heterocycles. The molecule has 5 heteroatoms. The number of amides is 1. The number of carbonyl (C=O) groups is 1. The largest absolute Gasteiger partial charge is 0.348 e. The second-order valence-corrected chi connectivity index (χ2v) is 6.04. The molecule has 4 aromatic rings. The molecular formula is C21H17N3O2. The zero-order chi connectivity index (χ0) is 17.9. The number of carbonyl (C=O) groups excluding carboxylic acids is 1. The third-order valence-electron chi connectivity index (χ3n) is 4.23. The highest BCUT2D eigenvalue weighted by Gasteiger charge is 2.19. The predicted octanol–water partition coefficient (Wildman–Crippen LogP) is 4.13. The average Bonchev–Trinajstić information content (AvgIpc) is 3.08. The fourth-order valence-corrected chi connectivity index (χ4v) is 2.90. The molecule has 0 bridgehead atoms. The average molecular weight is 343 g/mol. The first kappa shape index (κ1) is 16.0. The molecule has 0 aliphatic rings. The standard InChI is InChI=1S/C21H17N3O2/c1-14-19-17(20(25)22-13-15-8-4-2-5-9-15)12-18(23-21(19)26-24-14)16-10-6-3-7-11-16/h2-12H,13H2,1H3,(H,22,25). The van der Waals surface area contributed by atoms with Gasteiger partial charge in [0, 0.05) is 12.1 Å². The predicted molar refractivity (Wildman–Crippen MR) is 99.6 cm³/mol. The Morgan fingerprint density at radius 2 is 1.73 bits per heavy atom. The van der Waals surface area contributed by atoms with Crippen LogP contribution in [0.15, 0.2) is 71.3 Å². The highest BCUT2D eigenvalue weighted by molar-refractivity contribution is 6.06. The first-order chi connectivity index (χ1) is 12.7. The van der Waals surface area contributed by atoms with Gasteiger partial charge in [-0.1, -0.05) is 65.8 Å². The van der Waals surface area contributed by atoms with Crippen molar-refractivity contribution in [3.63, 3.8) is 0 Å². The number of pyridine rings is 1. The van der Waals surface area contributed by atoms with Gasteiger partial charge in [0.1, 0.15) is 0 Å². The van der Waals surface area contributed by atoms with Gasteiger partial charge in [0.2, 0.25) is 0 Å². The minimum atomic E-state index is -0.176. The maximum absolute atomic E-state index is 12.9. The van der Waals surface area contributed by atoms with Gasteiger partial charge in [-0.15, -0.1) is 0 Å². The fraction of sp³-hybridized carbons (Fsp3) is 0.0952. The molecule has 2 aromatic carbocycles. The van der Waals surface area contributed by atoms with Crippen molar-refractivity contribution in [2.75, 3.05) is 0 Å². The molecule has 0 unspecified atom stereocenters.